The molecule has 0 spiro atoms. The molecule has 0 atom stereocenters. The highest BCUT2D eigenvalue weighted by atomic mass is 32.2. The van der Waals surface area contributed by atoms with Crippen LogP contribution in [0.2, 0.25) is 0 Å². The molecule has 0 aliphatic carbocycles. The van der Waals surface area contributed by atoms with Gasteiger partial charge in [0.1, 0.15) is 5.65 Å². The van der Waals surface area contributed by atoms with Gasteiger partial charge in [-0.2, -0.15) is 13.2 Å². The number of aromatic nitrogens is 4. The van der Waals surface area contributed by atoms with Gasteiger partial charge in [-0.05, 0) is 37.6 Å². The molecular formula is C20H19F3N4O2S. The third-order valence-electron chi connectivity index (χ3n) is 4.18. The van der Waals surface area contributed by atoms with Crippen LogP contribution in [0.5, 0.6) is 0 Å². The van der Waals surface area contributed by atoms with Crippen LogP contribution in [0.4, 0.5) is 13.2 Å². The number of thioether (sulfide) groups is 1. The van der Waals surface area contributed by atoms with E-state index in [0.717, 1.165) is 34.3 Å². The molecule has 3 heterocycles. The van der Waals surface area contributed by atoms with E-state index in [0.29, 0.717) is 0 Å². The van der Waals surface area contributed by atoms with Gasteiger partial charge in [0.05, 0.1) is 16.7 Å². The number of aliphatic carboxylic acids is 1. The van der Waals surface area contributed by atoms with Gasteiger partial charge in [0.2, 0.25) is 0 Å². The topological polar surface area (TPSA) is 72.4 Å². The van der Waals surface area contributed by atoms with Crippen molar-refractivity contribution in [2.45, 2.75) is 37.5 Å². The molecule has 4 aromatic rings. The highest BCUT2D eigenvalue weighted by molar-refractivity contribution is 7.98. The lowest BCUT2D eigenvalue weighted by atomic mass is 10.3. The molecule has 6 nitrogen and oxygen atoms in total. The van der Waals surface area contributed by atoms with Crippen LogP contribution >= 0.6 is 11.8 Å². The van der Waals surface area contributed by atoms with Gasteiger partial charge < -0.3 is 14.1 Å². The van der Waals surface area contributed by atoms with Crippen LogP contribution in [0.15, 0.2) is 53.9 Å². The normalized spacial score (nSPS) is 11.5. The van der Waals surface area contributed by atoms with Gasteiger partial charge in [0, 0.05) is 24.7 Å². The summed E-state index contributed by atoms with van der Waals surface area (Å²) in [5, 5.41) is 8.18. The zero-order chi connectivity index (χ0) is 21.9. The van der Waals surface area contributed by atoms with E-state index >= 15 is 0 Å². The number of imidazole rings is 2. The molecule has 4 rings (SSSR count). The van der Waals surface area contributed by atoms with E-state index in [-0.39, 0.29) is 0 Å². The van der Waals surface area contributed by atoms with Crippen LogP contribution in [0.1, 0.15) is 18.2 Å². The van der Waals surface area contributed by atoms with Crippen molar-refractivity contribution in [3.63, 3.8) is 0 Å². The number of nitrogens with zero attached hydrogens (tertiary/aromatic N) is 4. The zero-order valence-corrected chi connectivity index (χ0v) is 17.0. The second kappa shape index (κ2) is 8.78. The second-order valence-electron chi connectivity index (χ2n) is 6.42. The number of benzene rings is 1. The lowest BCUT2D eigenvalue weighted by molar-refractivity contribution is -0.192. The molecule has 10 heteroatoms. The van der Waals surface area contributed by atoms with Crippen molar-refractivity contribution in [1.29, 1.82) is 0 Å². The lowest BCUT2D eigenvalue weighted by Gasteiger charge is -2.04. The summed E-state index contributed by atoms with van der Waals surface area (Å²) >= 11 is 1.75. The number of para-hydroxylation sites is 2. The number of alkyl halides is 3. The molecule has 0 amide bonds. The number of halogens is 3. The fourth-order valence-electron chi connectivity index (χ4n) is 2.83. The summed E-state index contributed by atoms with van der Waals surface area (Å²) in [6.45, 7) is 5.18. The van der Waals surface area contributed by atoms with E-state index in [4.69, 9.17) is 14.9 Å². The monoisotopic (exact) mass is 436 g/mol. The number of fused-ring (bicyclic) bond motifs is 2. The van der Waals surface area contributed by atoms with E-state index in [2.05, 4.69) is 70.5 Å². The maximum atomic E-state index is 10.6. The van der Waals surface area contributed by atoms with Gasteiger partial charge >= 0.3 is 12.1 Å². The first-order valence-corrected chi connectivity index (χ1v) is 10.00. The summed E-state index contributed by atoms with van der Waals surface area (Å²) in [7, 11) is 0. The standard InChI is InChI=1S/C18H18N4S.C2HF3O2/c1-3-22-16-7-5-4-6-15(16)20-18(22)23-12-14-11-21-10-13(2)8-9-17(21)19-14;3-2(4,5)1(6)7/h4-11H,3,12H2,1-2H3;(H,6,7). The van der Waals surface area contributed by atoms with E-state index in [9.17, 15) is 13.2 Å². The number of hydrogen-bond acceptors (Lipinski definition) is 4. The van der Waals surface area contributed by atoms with E-state index < -0.39 is 12.1 Å². The molecule has 0 fully saturated rings. The molecule has 0 aliphatic rings. The molecule has 30 heavy (non-hydrogen) atoms. The Morgan fingerprint density at radius 2 is 1.83 bits per heavy atom. The Labute approximate surface area is 174 Å². The van der Waals surface area contributed by atoms with E-state index in [1.165, 1.54) is 11.1 Å². The smallest absolute Gasteiger partial charge is 0.475 e. The Morgan fingerprint density at radius 1 is 1.13 bits per heavy atom. The van der Waals surface area contributed by atoms with Gasteiger partial charge in [-0.15, -0.1) is 0 Å². The Kier molecular flexibility index (Phi) is 6.35. The molecule has 0 saturated carbocycles. The van der Waals surface area contributed by atoms with E-state index in [1.54, 1.807) is 11.8 Å². The maximum Gasteiger partial charge on any atom is 0.490 e. The van der Waals surface area contributed by atoms with Gasteiger partial charge in [-0.3, -0.25) is 0 Å². The molecule has 0 radical (unpaired) electrons. The van der Waals surface area contributed by atoms with Crippen molar-refractivity contribution < 1.29 is 23.1 Å². The van der Waals surface area contributed by atoms with Gasteiger partial charge in [0.15, 0.2) is 5.16 Å². The third kappa shape index (κ3) is 4.93. The van der Waals surface area contributed by atoms with Crippen LogP contribution in [0, 0.1) is 6.92 Å². The van der Waals surface area contributed by atoms with Crippen LogP contribution in [-0.2, 0) is 17.1 Å². The summed E-state index contributed by atoms with van der Waals surface area (Å²) in [4.78, 5) is 18.3. The second-order valence-corrected chi connectivity index (χ2v) is 7.37. The molecule has 3 aromatic heterocycles. The van der Waals surface area contributed by atoms with Crippen molar-refractivity contribution >= 4 is 34.4 Å². The number of rotatable bonds is 4. The Morgan fingerprint density at radius 3 is 2.50 bits per heavy atom. The molecule has 0 bridgehead atoms. The van der Waals surface area contributed by atoms with Crippen LogP contribution in [-0.4, -0.2) is 36.2 Å². The summed E-state index contributed by atoms with van der Waals surface area (Å²) < 4.78 is 36.1. The SMILES string of the molecule is CCn1c(SCc2cn3cc(C)ccc3n2)nc2ccccc21.O=C(O)C(F)(F)F. The third-order valence-corrected chi connectivity index (χ3v) is 5.19. The summed E-state index contributed by atoms with van der Waals surface area (Å²) in [6, 6.07) is 12.5. The van der Waals surface area contributed by atoms with Crippen molar-refractivity contribution in [3.8, 4) is 0 Å². The molecule has 0 saturated heterocycles. The Bertz CT molecular complexity index is 1180. The average Bonchev–Trinajstić information content (AvgIpc) is 3.25. The van der Waals surface area contributed by atoms with Gasteiger partial charge in [-0.25, -0.2) is 14.8 Å². The molecule has 1 aromatic carbocycles. The number of aryl methyl sites for hydroxylation is 2. The van der Waals surface area contributed by atoms with Crippen molar-refractivity contribution in [3.05, 3.63) is 60.0 Å². The number of hydrogen-bond donors (Lipinski definition) is 1. The molecule has 0 aliphatic heterocycles. The molecule has 158 valence electrons. The first-order chi connectivity index (χ1) is 14.2. The number of carbonyl (C=O) groups is 1. The van der Waals surface area contributed by atoms with Crippen LogP contribution in [0.25, 0.3) is 16.7 Å². The predicted molar refractivity (Wildman–Crippen MR) is 109 cm³/mol. The minimum Gasteiger partial charge on any atom is -0.475 e. The zero-order valence-electron chi connectivity index (χ0n) is 16.2. The summed E-state index contributed by atoms with van der Waals surface area (Å²) in [5.74, 6) is -1.93. The van der Waals surface area contributed by atoms with Crippen molar-refractivity contribution in [2.24, 2.45) is 0 Å². The van der Waals surface area contributed by atoms with Crippen molar-refractivity contribution in [1.82, 2.24) is 18.9 Å². The highest BCUT2D eigenvalue weighted by Gasteiger charge is 2.38. The number of carboxylic acid groups (broad SMARTS) is 1. The Hall–Kier alpha value is -3.01. The molecule has 0 unspecified atom stereocenters. The lowest BCUT2D eigenvalue weighted by Crippen LogP contribution is -2.21. The molecular weight excluding hydrogens is 417 g/mol. The van der Waals surface area contributed by atoms with Crippen LogP contribution in [0.3, 0.4) is 0 Å². The van der Waals surface area contributed by atoms with Crippen molar-refractivity contribution in [2.75, 3.05) is 0 Å². The van der Waals surface area contributed by atoms with Gasteiger partial charge in [-0.1, -0.05) is 30.0 Å². The van der Waals surface area contributed by atoms with E-state index in [1.807, 2.05) is 6.07 Å². The average molecular weight is 436 g/mol. The quantitative estimate of drug-likeness (QED) is 0.459. The fourth-order valence-corrected chi connectivity index (χ4v) is 3.80. The molecule has 1 N–H and O–H groups in total. The Balaban J connectivity index is 0.000000318. The predicted octanol–water partition coefficient (Wildman–Crippen LogP) is 4.94. The number of carboxylic acids is 1. The minimum absolute atomic E-state index is 0.823. The van der Waals surface area contributed by atoms with Crippen LogP contribution < -0.4 is 0 Å². The number of pyridine rings is 1. The van der Waals surface area contributed by atoms with Gasteiger partial charge in [0.25, 0.3) is 0 Å². The largest absolute Gasteiger partial charge is 0.490 e. The highest BCUT2D eigenvalue weighted by Crippen LogP contribution is 2.26. The minimum atomic E-state index is -5.08. The fraction of sp³-hybridized carbons (Fsp3) is 0.250. The summed E-state index contributed by atoms with van der Waals surface area (Å²) in [5.41, 5.74) is 5.57. The maximum absolute atomic E-state index is 10.6. The summed E-state index contributed by atoms with van der Waals surface area (Å²) in [6.07, 6.45) is -0.869. The first-order valence-electron chi connectivity index (χ1n) is 9.01. The first kappa shape index (κ1) is 21.7.